The van der Waals surface area contributed by atoms with Crippen LogP contribution in [0.4, 0.5) is 11.4 Å². The van der Waals surface area contributed by atoms with Gasteiger partial charge in [-0.2, -0.15) is 0 Å². The van der Waals surface area contributed by atoms with Crippen LogP contribution < -0.4 is 11.1 Å². The van der Waals surface area contributed by atoms with Crippen LogP contribution in [0, 0.1) is 5.92 Å². The van der Waals surface area contributed by atoms with Gasteiger partial charge < -0.3 is 11.1 Å². The van der Waals surface area contributed by atoms with Crippen LogP contribution in [-0.2, 0) is 9.84 Å². The number of rotatable bonds is 5. The summed E-state index contributed by atoms with van der Waals surface area (Å²) in [6.45, 7) is 2.10. The van der Waals surface area contributed by atoms with Gasteiger partial charge in [-0.05, 0) is 31.4 Å². The van der Waals surface area contributed by atoms with E-state index in [2.05, 4.69) is 12.2 Å². The smallest absolute Gasteiger partial charge is 0.177 e. The molecule has 1 atom stereocenters. The van der Waals surface area contributed by atoms with E-state index in [9.17, 15) is 8.42 Å². The minimum absolute atomic E-state index is 0.200. The Morgan fingerprint density at radius 3 is 2.67 bits per heavy atom. The first-order valence-electron chi connectivity index (χ1n) is 6.23. The first-order valence-corrected chi connectivity index (χ1v) is 8.12. The Labute approximate surface area is 108 Å². The van der Waals surface area contributed by atoms with E-state index in [0.717, 1.165) is 12.3 Å². The molecule has 1 aliphatic carbocycles. The van der Waals surface area contributed by atoms with Gasteiger partial charge in [-0.15, -0.1) is 0 Å². The summed E-state index contributed by atoms with van der Waals surface area (Å²) in [7, 11) is -3.27. The van der Waals surface area contributed by atoms with Gasteiger partial charge in [-0.3, -0.25) is 0 Å². The van der Waals surface area contributed by atoms with Gasteiger partial charge in [0.1, 0.15) is 0 Å². The monoisotopic (exact) mass is 268 g/mol. The maximum atomic E-state index is 11.6. The van der Waals surface area contributed by atoms with Crippen molar-refractivity contribution in [2.24, 2.45) is 5.92 Å². The average molecular weight is 268 g/mol. The second-order valence-corrected chi connectivity index (χ2v) is 7.20. The van der Waals surface area contributed by atoms with Crippen molar-refractivity contribution in [2.45, 2.75) is 37.1 Å². The van der Waals surface area contributed by atoms with Gasteiger partial charge in [0, 0.05) is 12.3 Å². The highest BCUT2D eigenvalue weighted by Crippen LogP contribution is 2.35. The number of benzene rings is 1. The summed E-state index contributed by atoms with van der Waals surface area (Å²) in [6.07, 6.45) is 4.91. The van der Waals surface area contributed by atoms with E-state index in [1.807, 2.05) is 6.07 Å². The first-order chi connectivity index (χ1) is 8.38. The van der Waals surface area contributed by atoms with Crippen LogP contribution >= 0.6 is 0 Å². The van der Waals surface area contributed by atoms with Gasteiger partial charge in [0.15, 0.2) is 9.84 Å². The predicted octanol–water partition coefficient (Wildman–Crippen LogP) is 2.27. The van der Waals surface area contributed by atoms with Crippen molar-refractivity contribution < 1.29 is 8.42 Å². The van der Waals surface area contributed by atoms with Gasteiger partial charge in [-0.25, -0.2) is 8.42 Å². The zero-order valence-corrected chi connectivity index (χ0v) is 11.6. The zero-order valence-electron chi connectivity index (χ0n) is 10.8. The van der Waals surface area contributed by atoms with E-state index >= 15 is 0 Å². The number of nitrogen functional groups attached to an aromatic ring is 1. The van der Waals surface area contributed by atoms with Crippen LogP contribution in [0.3, 0.4) is 0 Å². The van der Waals surface area contributed by atoms with Crippen molar-refractivity contribution >= 4 is 21.2 Å². The third-order valence-electron chi connectivity index (χ3n) is 3.25. The predicted molar refractivity (Wildman–Crippen MR) is 74.4 cm³/mol. The molecule has 3 N–H and O–H groups in total. The van der Waals surface area contributed by atoms with E-state index < -0.39 is 9.84 Å². The lowest BCUT2D eigenvalue weighted by molar-refractivity contribution is 0.602. The Hall–Kier alpha value is -1.23. The molecular formula is C13H20N2O2S. The van der Waals surface area contributed by atoms with Crippen molar-refractivity contribution in [2.75, 3.05) is 17.3 Å². The molecule has 0 amide bonds. The fourth-order valence-electron chi connectivity index (χ4n) is 2.17. The fourth-order valence-corrected chi connectivity index (χ4v) is 3.01. The number of hydrogen-bond acceptors (Lipinski definition) is 4. The molecule has 1 unspecified atom stereocenters. The number of nitrogens with one attached hydrogen (secondary N) is 1. The zero-order chi connectivity index (χ0) is 13.3. The van der Waals surface area contributed by atoms with Gasteiger partial charge in [0.2, 0.25) is 0 Å². The van der Waals surface area contributed by atoms with E-state index in [1.165, 1.54) is 19.1 Å². The second kappa shape index (κ2) is 4.80. The molecule has 1 aromatic carbocycles. The Morgan fingerprint density at radius 2 is 2.11 bits per heavy atom. The van der Waals surface area contributed by atoms with Crippen molar-refractivity contribution in [3.63, 3.8) is 0 Å². The average Bonchev–Trinajstić information content (AvgIpc) is 3.03. The Bertz CT molecular complexity index is 536. The van der Waals surface area contributed by atoms with Crippen molar-refractivity contribution in [3.8, 4) is 0 Å². The Balaban J connectivity index is 2.17. The largest absolute Gasteiger partial charge is 0.396 e. The Kier molecular flexibility index (Phi) is 3.52. The number of anilines is 2. The summed E-state index contributed by atoms with van der Waals surface area (Å²) in [6, 6.07) is 5.41. The maximum Gasteiger partial charge on any atom is 0.177 e. The third kappa shape index (κ3) is 3.16. The quantitative estimate of drug-likeness (QED) is 0.804. The summed E-state index contributed by atoms with van der Waals surface area (Å²) in [4.78, 5) is 0.200. The fraction of sp³-hybridized carbons (Fsp3) is 0.538. The van der Waals surface area contributed by atoms with Crippen LogP contribution in [0.5, 0.6) is 0 Å². The molecule has 1 fully saturated rings. The minimum Gasteiger partial charge on any atom is -0.396 e. The van der Waals surface area contributed by atoms with E-state index in [0.29, 0.717) is 17.4 Å². The summed E-state index contributed by atoms with van der Waals surface area (Å²) in [5.74, 6) is 0.826. The molecule has 0 bridgehead atoms. The molecule has 1 saturated carbocycles. The lowest BCUT2D eigenvalue weighted by Crippen LogP contribution is -2.17. The molecule has 0 aromatic heterocycles. The normalized spacial score (nSPS) is 17.4. The van der Waals surface area contributed by atoms with E-state index in [1.54, 1.807) is 12.1 Å². The highest BCUT2D eigenvalue weighted by atomic mass is 32.2. The van der Waals surface area contributed by atoms with Gasteiger partial charge in [-0.1, -0.05) is 18.9 Å². The van der Waals surface area contributed by atoms with Crippen LogP contribution in [0.2, 0.25) is 0 Å². The molecule has 2 rings (SSSR count). The maximum absolute atomic E-state index is 11.6. The highest BCUT2D eigenvalue weighted by molar-refractivity contribution is 7.90. The van der Waals surface area contributed by atoms with Crippen molar-refractivity contribution in [1.82, 2.24) is 0 Å². The summed E-state index contributed by atoms with van der Waals surface area (Å²) < 4.78 is 23.1. The number of nitrogens with two attached hydrogens (primary N) is 1. The molecule has 5 heteroatoms. The molecule has 0 aliphatic heterocycles. The molecule has 100 valence electrons. The minimum atomic E-state index is -3.27. The third-order valence-corrected chi connectivity index (χ3v) is 4.41. The Morgan fingerprint density at radius 1 is 1.44 bits per heavy atom. The standard InChI is InChI=1S/C13H20N2O2S/c1-9(8-10-6-7-10)15-11-4-3-5-12(13(11)14)18(2,16)17/h3-5,9-10,15H,6-8,14H2,1-2H3. The number of sulfone groups is 1. The molecule has 0 saturated heterocycles. The molecule has 1 aromatic rings. The SMILES string of the molecule is CC(CC1CC1)Nc1cccc(S(C)(=O)=O)c1N. The van der Waals surface area contributed by atoms with Gasteiger partial charge >= 0.3 is 0 Å². The highest BCUT2D eigenvalue weighted by Gasteiger charge is 2.24. The lowest BCUT2D eigenvalue weighted by Gasteiger charge is -2.17. The molecule has 18 heavy (non-hydrogen) atoms. The number of hydrogen-bond donors (Lipinski definition) is 2. The molecule has 0 radical (unpaired) electrons. The van der Waals surface area contributed by atoms with Gasteiger partial charge in [0.05, 0.1) is 16.3 Å². The van der Waals surface area contributed by atoms with Crippen LogP contribution in [0.1, 0.15) is 26.2 Å². The van der Waals surface area contributed by atoms with Crippen molar-refractivity contribution in [1.29, 1.82) is 0 Å². The van der Waals surface area contributed by atoms with Crippen LogP contribution in [-0.4, -0.2) is 20.7 Å². The molecule has 0 heterocycles. The number of para-hydroxylation sites is 1. The topological polar surface area (TPSA) is 72.2 Å². The van der Waals surface area contributed by atoms with Crippen molar-refractivity contribution in [3.05, 3.63) is 18.2 Å². The van der Waals surface area contributed by atoms with Crippen LogP contribution in [0.25, 0.3) is 0 Å². The second-order valence-electron chi connectivity index (χ2n) is 5.21. The summed E-state index contributed by atoms with van der Waals surface area (Å²) in [5.41, 5.74) is 6.96. The van der Waals surface area contributed by atoms with Crippen LogP contribution in [0.15, 0.2) is 23.1 Å². The summed E-state index contributed by atoms with van der Waals surface area (Å²) >= 11 is 0. The molecular weight excluding hydrogens is 248 g/mol. The molecule has 0 spiro atoms. The van der Waals surface area contributed by atoms with E-state index in [-0.39, 0.29) is 4.90 Å². The molecule has 4 nitrogen and oxygen atoms in total. The molecule has 1 aliphatic rings. The lowest BCUT2D eigenvalue weighted by atomic mass is 10.1. The van der Waals surface area contributed by atoms with Gasteiger partial charge in [0.25, 0.3) is 0 Å². The van der Waals surface area contributed by atoms with E-state index in [4.69, 9.17) is 5.73 Å². The summed E-state index contributed by atoms with van der Waals surface area (Å²) in [5, 5.41) is 3.30. The first kappa shape index (κ1) is 13.2.